The van der Waals surface area contributed by atoms with Crippen LogP contribution in [0.25, 0.3) is 99.4 Å². The molecule has 4 heteroatoms. The number of benzene rings is 19. The quantitative estimate of drug-likeness (QED) is 0.0800. The van der Waals surface area contributed by atoms with E-state index in [1.54, 1.807) is 0 Å². The summed E-state index contributed by atoms with van der Waals surface area (Å²) in [5.41, 5.74) is 30.0. The fourth-order valence-electron chi connectivity index (χ4n) is 15.4. The Morgan fingerprint density at radius 1 is 0.0877 bits per heavy atom. The fourth-order valence-corrected chi connectivity index (χ4v) is 15.4. The zero-order valence-electron chi connectivity index (χ0n) is 63.0. The minimum Gasteiger partial charge on any atom is -0.311 e. The van der Waals surface area contributed by atoms with Gasteiger partial charge in [0.2, 0.25) is 0 Å². The van der Waals surface area contributed by atoms with Crippen molar-refractivity contribution in [1.29, 1.82) is 0 Å². The van der Waals surface area contributed by atoms with Gasteiger partial charge in [-0.05, 0) is 245 Å². The highest BCUT2D eigenvalue weighted by Gasteiger charge is 2.20. The lowest BCUT2D eigenvalue weighted by molar-refractivity contribution is 1.28. The molecule has 0 unspecified atom stereocenters. The molecule has 540 valence electrons. The van der Waals surface area contributed by atoms with Gasteiger partial charge in [-0.1, -0.05) is 340 Å². The standard InChI is InChI=1S/C60H44N2.C50H36N2/c1-5-13-45(14-6-1)49-21-33-55(34-22-49)61(56-35-23-50(24-36-56)46-15-7-2-8-16-46)59-41-29-53(30-42-59)54-31-43-60(44-32-54)62(57-37-25-51(26-38-57)47-17-9-3-10-18-47)58-39-27-52(28-40-58)48-19-11-4-12-20-48;1-3-15-45(16-4-1)51(49-33-27-37-11-7-9-13-43(37)35-49)47-29-23-41(24-30-47)39-19-21-40(22-20-39)42-25-31-48(32-26-42)52(46-17-5-2-6-18-46)50-34-28-38-12-8-10-14-44(38)36-50/h1-44H;1-36H. The van der Waals surface area contributed by atoms with Crippen LogP contribution in [0.15, 0.2) is 485 Å². The van der Waals surface area contributed by atoms with Crippen molar-refractivity contribution in [3.63, 3.8) is 0 Å². The highest BCUT2D eigenvalue weighted by atomic mass is 15.2. The van der Waals surface area contributed by atoms with E-state index in [1.807, 2.05) is 0 Å². The van der Waals surface area contributed by atoms with Crippen LogP contribution in [0.2, 0.25) is 0 Å². The molecule has 0 bridgehead atoms. The van der Waals surface area contributed by atoms with Gasteiger partial charge >= 0.3 is 0 Å². The van der Waals surface area contributed by atoms with E-state index in [9.17, 15) is 0 Å². The van der Waals surface area contributed by atoms with Gasteiger partial charge in [0.1, 0.15) is 0 Å². The lowest BCUT2D eigenvalue weighted by Gasteiger charge is -2.27. The topological polar surface area (TPSA) is 13.0 Å². The van der Waals surface area contributed by atoms with Gasteiger partial charge in [0.15, 0.2) is 0 Å². The summed E-state index contributed by atoms with van der Waals surface area (Å²) in [7, 11) is 0. The zero-order valence-corrected chi connectivity index (χ0v) is 63.0. The summed E-state index contributed by atoms with van der Waals surface area (Å²) in [5.74, 6) is 0. The summed E-state index contributed by atoms with van der Waals surface area (Å²) in [4.78, 5) is 9.31. The fraction of sp³-hybridized carbons (Fsp3) is 0. The molecule has 0 fully saturated rings. The Bertz CT molecular complexity index is 5790. The van der Waals surface area contributed by atoms with Crippen molar-refractivity contribution in [2.45, 2.75) is 0 Å². The smallest absolute Gasteiger partial charge is 0.0468 e. The van der Waals surface area contributed by atoms with Crippen LogP contribution in [-0.4, -0.2) is 0 Å². The largest absolute Gasteiger partial charge is 0.311 e. The Kier molecular flexibility index (Phi) is 20.4. The predicted molar refractivity (Wildman–Crippen MR) is 485 cm³/mol. The Hall–Kier alpha value is -15.1. The van der Waals surface area contributed by atoms with E-state index in [-0.39, 0.29) is 0 Å². The van der Waals surface area contributed by atoms with E-state index < -0.39 is 0 Å². The summed E-state index contributed by atoms with van der Waals surface area (Å²) in [5, 5.41) is 4.93. The second-order valence-electron chi connectivity index (χ2n) is 28.5. The first-order valence-corrected chi connectivity index (χ1v) is 38.9. The molecule has 0 aromatic heterocycles. The molecule has 0 aliphatic rings. The molecule has 0 N–H and O–H groups in total. The van der Waals surface area contributed by atoms with E-state index in [2.05, 4.69) is 505 Å². The van der Waals surface area contributed by atoms with Gasteiger partial charge in [-0.25, -0.2) is 0 Å². The Balaban J connectivity index is 0.000000161. The average molecular weight is 1460 g/mol. The van der Waals surface area contributed by atoms with Crippen LogP contribution in [0, 0.1) is 0 Å². The molecule has 0 spiro atoms. The molecule has 19 aromatic carbocycles. The third-order valence-corrected chi connectivity index (χ3v) is 21.3. The summed E-state index contributed by atoms with van der Waals surface area (Å²) < 4.78 is 0. The van der Waals surface area contributed by atoms with Crippen LogP contribution in [0.1, 0.15) is 0 Å². The van der Waals surface area contributed by atoms with Crippen LogP contribution in [0.4, 0.5) is 68.2 Å². The molecular formula is C110H80N4. The number of para-hydroxylation sites is 2. The molecule has 19 aromatic rings. The number of fused-ring (bicyclic) bond motifs is 2. The predicted octanol–water partition coefficient (Wildman–Crippen LogP) is 31.2. The Labute approximate surface area is 668 Å². The summed E-state index contributed by atoms with van der Waals surface area (Å²) >= 11 is 0. The van der Waals surface area contributed by atoms with Gasteiger partial charge in [0, 0.05) is 68.2 Å². The number of nitrogens with zero attached hydrogens (tertiary/aromatic N) is 4. The number of rotatable bonds is 19. The highest BCUT2D eigenvalue weighted by Crippen LogP contribution is 2.44. The maximum atomic E-state index is 2.33. The second-order valence-corrected chi connectivity index (χ2v) is 28.5. The van der Waals surface area contributed by atoms with E-state index in [0.29, 0.717) is 0 Å². The summed E-state index contributed by atoms with van der Waals surface area (Å²) in [6.45, 7) is 0. The molecule has 0 aliphatic carbocycles. The monoisotopic (exact) mass is 1460 g/mol. The van der Waals surface area contributed by atoms with Gasteiger partial charge in [0.05, 0.1) is 0 Å². The first-order chi connectivity index (χ1) is 56.5. The Morgan fingerprint density at radius 3 is 0.421 bits per heavy atom. The molecule has 0 amide bonds. The van der Waals surface area contributed by atoms with Crippen LogP contribution in [0.5, 0.6) is 0 Å². The number of anilines is 12. The van der Waals surface area contributed by atoms with Crippen LogP contribution in [0.3, 0.4) is 0 Å². The van der Waals surface area contributed by atoms with Gasteiger partial charge < -0.3 is 19.6 Å². The van der Waals surface area contributed by atoms with Crippen molar-refractivity contribution in [1.82, 2.24) is 0 Å². The molecule has 114 heavy (non-hydrogen) atoms. The van der Waals surface area contributed by atoms with E-state index in [1.165, 1.54) is 88.3 Å². The third-order valence-electron chi connectivity index (χ3n) is 21.3. The normalized spacial score (nSPS) is 11.0. The summed E-state index contributed by atoms with van der Waals surface area (Å²) in [6, 6.07) is 174. The maximum absolute atomic E-state index is 2.33. The lowest BCUT2D eigenvalue weighted by atomic mass is 9.99. The lowest BCUT2D eigenvalue weighted by Crippen LogP contribution is -2.10. The minimum absolute atomic E-state index is 1.09. The van der Waals surface area contributed by atoms with Crippen LogP contribution < -0.4 is 19.6 Å². The zero-order chi connectivity index (χ0) is 76.2. The van der Waals surface area contributed by atoms with Crippen LogP contribution >= 0.6 is 0 Å². The van der Waals surface area contributed by atoms with Gasteiger partial charge in [-0.2, -0.15) is 0 Å². The average Bonchev–Trinajstić information content (AvgIpc) is 0.800. The third kappa shape index (κ3) is 15.6. The van der Waals surface area contributed by atoms with Crippen LogP contribution in [-0.2, 0) is 0 Å². The molecular weight excluding hydrogens is 1380 g/mol. The van der Waals surface area contributed by atoms with E-state index in [4.69, 9.17) is 0 Å². The van der Waals surface area contributed by atoms with Gasteiger partial charge in [0.25, 0.3) is 0 Å². The van der Waals surface area contributed by atoms with E-state index >= 15 is 0 Å². The molecule has 0 aliphatic heterocycles. The minimum atomic E-state index is 1.09. The first kappa shape index (κ1) is 70.6. The number of hydrogen-bond donors (Lipinski definition) is 0. The molecule has 0 heterocycles. The van der Waals surface area contributed by atoms with Crippen molar-refractivity contribution in [2.75, 3.05) is 19.6 Å². The second kappa shape index (κ2) is 33.0. The molecule has 0 saturated heterocycles. The first-order valence-electron chi connectivity index (χ1n) is 38.9. The van der Waals surface area contributed by atoms with Gasteiger partial charge in [-0.3, -0.25) is 0 Å². The molecule has 4 nitrogen and oxygen atoms in total. The van der Waals surface area contributed by atoms with Crippen molar-refractivity contribution >= 4 is 89.8 Å². The van der Waals surface area contributed by atoms with E-state index in [0.717, 1.165) is 79.4 Å². The SMILES string of the molecule is c1ccc(-c2ccc(N(c3ccc(-c4ccccc4)cc3)c3ccc(-c4ccc(N(c5ccc(-c6ccccc6)cc5)c5ccc(-c6ccccc6)cc5)cc4)cc3)cc2)cc1.c1ccc(N(c2ccc(-c3ccc(-c4ccc(N(c5ccccc5)c5ccc6ccccc6c5)cc4)cc3)cc2)c2ccc3ccccc3c2)cc1. The van der Waals surface area contributed by atoms with Crippen molar-refractivity contribution in [3.05, 3.63) is 485 Å². The van der Waals surface area contributed by atoms with Crippen molar-refractivity contribution in [2.24, 2.45) is 0 Å². The Morgan fingerprint density at radius 2 is 0.219 bits per heavy atom. The molecule has 19 rings (SSSR count). The molecule has 0 radical (unpaired) electrons. The maximum Gasteiger partial charge on any atom is 0.0468 e. The summed E-state index contributed by atoms with van der Waals surface area (Å²) in [6.07, 6.45) is 0. The molecule has 0 saturated carbocycles. The number of hydrogen-bond acceptors (Lipinski definition) is 4. The van der Waals surface area contributed by atoms with Gasteiger partial charge in [-0.15, -0.1) is 0 Å². The highest BCUT2D eigenvalue weighted by molar-refractivity contribution is 5.92. The molecule has 0 atom stereocenters. The van der Waals surface area contributed by atoms with Crippen molar-refractivity contribution in [3.8, 4) is 77.9 Å². The van der Waals surface area contributed by atoms with Crippen molar-refractivity contribution < 1.29 is 0 Å².